The number of hydrogen-bond acceptors (Lipinski definition) is 9. The van der Waals surface area contributed by atoms with Crippen LogP contribution in [0.1, 0.15) is 45.7 Å². The van der Waals surface area contributed by atoms with Gasteiger partial charge >= 0.3 is 6.36 Å². The molecular formula is C26H24F3N7O3S. The predicted octanol–water partition coefficient (Wildman–Crippen LogP) is 3.99. The normalized spacial score (nSPS) is 12.1. The van der Waals surface area contributed by atoms with Crippen LogP contribution < -0.4 is 15.8 Å². The Morgan fingerprint density at radius 3 is 2.52 bits per heavy atom. The van der Waals surface area contributed by atoms with Crippen LogP contribution in [0.15, 0.2) is 61.1 Å². The summed E-state index contributed by atoms with van der Waals surface area (Å²) in [5.41, 5.74) is 7.19. The number of carbonyl (C=O) groups is 2. The van der Waals surface area contributed by atoms with E-state index in [1.807, 2.05) is 0 Å². The molecule has 14 heteroatoms. The number of aromatic nitrogens is 5. The number of aryl methyl sites for hydroxylation is 2. The van der Waals surface area contributed by atoms with Gasteiger partial charge in [-0.15, -0.1) is 34.7 Å². The zero-order chi connectivity index (χ0) is 28.5. The molecule has 1 unspecified atom stereocenters. The van der Waals surface area contributed by atoms with Crippen molar-refractivity contribution >= 4 is 29.0 Å². The Morgan fingerprint density at radius 1 is 1.00 bits per heavy atom. The van der Waals surface area contributed by atoms with Crippen LogP contribution >= 0.6 is 11.3 Å². The molecule has 0 radical (unpaired) electrons. The first kappa shape index (κ1) is 28.5. The maximum absolute atomic E-state index is 12.4. The fourth-order valence-corrected chi connectivity index (χ4v) is 4.79. The van der Waals surface area contributed by atoms with Gasteiger partial charge in [-0.1, -0.05) is 18.2 Å². The minimum absolute atomic E-state index is 0.159. The molecule has 3 heterocycles. The van der Waals surface area contributed by atoms with Gasteiger partial charge in [0.15, 0.2) is 5.82 Å². The van der Waals surface area contributed by atoms with E-state index in [1.165, 1.54) is 29.7 Å². The number of alkyl halides is 3. The molecule has 1 aromatic carbocycles. The number of halogens is 3. The van der Waals surface area contributed by atoms with Gasteiger partial charge in [-0.2, -0.15) is 0 Å². The number of nitrogens with two attached hydrogens (primary N) is 1. The molecule has 208 valence electrons. The summed E-state index contributed by atoms with van der Waals surface area (Å²) in [5.74, 6) is -1.90. The Morgan fingerprint density at radius 2 is 1.82 bits per heavy atom. The quantitative estimate of drug-likeness (QED) is 0.243. The number of ether oxygens (including phenoxy) is 1. The van der Waals surface area contributed by atoms with Crippen LogP contribution in [-0.2, 0) is 28.9 Å². The fraction of sp³-hybridized carbons (Fsp3) is 0.269. The van der Waals surface area contributed by atoms with Gasteiger partial charge in [0, 0.05) is 12.6 Å². The highest BCUT2D eigenvalue weighted by Gasteiger charge is 2.31. The van der Waals surface area contributed by atoms with Crippen LogP contribution in [-0.4, -0.2) is 43.3 Å². The van der Waals surface area contributed by atoms with Crippen molar-refractivity contribution in [2.45, 2.75) is 44.4 Å². The number of unbranched alkanes of at least 4 members (excludes halogenated alkanes) is 1. The highest BCUT2D eigenvalue weighted by atomic mass is 32.1. The third-order valence-electron chi connectivity index (χ3n) is 5.54. The number of benzene rings is 1. The Bertz CT molecular complexity index is 1430. The number of anilines is 1. The standard InChI is InChI=1S/C26H24F3N7O3S/c27-26(28,29)39-18-8-5-6-16(12-18)13-21(37)34-20-15-32-17(14-33-20)7-1-2-10-22-35-36-25(40-22)23(24(30)38)19-9-3-4-11-31-19/h3-6,8-9,11-12,14-15,23H,1-2,7,10,13H2,(H2,30,38)(H,33,34,37). The monoisotopic (exact) mass is 571 g/mol. The Kier molecular flexibility index (Phi) is 9.32. The maximum atomic E-state index is 12.4. The lowest BCUT2D eigenvalue weighted by atomic mass is 10.1. The van der Waals surface area contributed by atoms with Crippen molar-refractivity contribution in [1.29, 1.82) is 0 Å². The molecule has 0 spiro atoms. The number of primary amides is 1. The van der Waals surface area contributed by atoms with Crippen molar-refractivity contribution in [2.24, 2.45) is 5.73 Å². The smallest absolute Gasteiger partial charge is 0.406 e. The van der Waals surface area contributed by atoms with Crippen LogP contribution in [0.5, 0.6) is 5.75 Å². The number of pyridine rings is 1. The number of carbonyl (C=O) groups excluding carboxylic acids is 2. The van der Waals surface area contributed by atoms with E-state index in [9.17, 15) is 22.8 Å². The van der Waals surface area contributed by atoms with Gasteiger partial charge in [-0.25, -0.2) is 4.98 Å². The summed E-state index contributed by atoms with van der Waals surface area (Å²) in [6.45, 7) is 0. The van der Waals surface area contributed by atoms with E-state index < -0.39 is 29.8 Å². The molecule has 3 N–H and O–H groups in total. The van der Waals surface area contributed by atoms with E-state index in [0.717, 1.165) is 35.7 Å². The predicted molar refractivity (Wildman–Crippen MR) is 139 cm³/mol. The molecule has 0 aliphatic rings. The van der Waals surface area contributed by atoms with Crippen LogP contribution in [0.3, 0.4) is 0 Å². The van der Waals surface area contributed by atoms with Gasteiger partial charge in [0.2, 0.25) is 11.8 Å². The molecule has 0 fully saturated rings. The molecule has 0 aliphatic carbocycles. The van der Waals surface area contributed by atoms with Crippen molar-refractivity contribution in [2.75, 3.05) is 5.32 Å². The molecule has 4 rings (SSSR count). The molecule has 0 aliphatic heterocycles. The van der Waals surface area contributed by atoms with Gasteiger partial charge in [-0.05, 0) is 49.1 Å². The van der Waals surface area contributed by atoms with Crippen molar-refractivity contribution in [1.82, 2.24) is 25.1 Å². The molecule has 1 atom stereocenters. The Balaban J connectivity index is 1.22. The zero-order valence-corrected chi connectivity index (χ0v) is 21.8. The lowest BCUT2D eigenvalue weighted by molar-refractivity contribution is -0.274. The molecule has 2 amide bonds. The highest BCUT2D eigenvalue weighted by molar-refractivity contribution is 7.11. The Labute approximate surface area is 230 Å². The second kappa shape index (κ2) is 13.1. The van der Waals surface area contributed by atoms with Crippen LogP contribution in [0.2, 0.25) is 0 Å². The molecule has 4 aromatic rings. The van der Waals surface area contributed by atoms with Crippen LogP contribution in [0.25, 0.3) is 0 Å². The maximum Gasteiger partial charge on any atom is 0.573 e. The van der Waals surface area contributed by atoms with Gasteiger partial charge in [0.05, 0.1) is 30.2 Å². The van der Waals surface area contributed by atoms with Gasteiger partial charge in [-0.3, -0.25) is 19.6 Å². The summed E-state index contributed by atoms with van der Waals surface area (Å²) in [7, 11) is 0. The average molecular weight is 572 g/mol. The van der Waals surface area contributed by atoms with E-state index in [1.54, 1.807) is 30.6 Å². The highest BCUT2D eigenvalue weighted by Crippen LogP contribution is 2.27. The van der Waals surface area contributed by atoms with Crippen LogP contribution in [0, 0.1) is 0 Å². The van der Waals surface area contributed by atoms with E-state index in [-0.39, 0.29) is 12.2 Å². The van der Waals surface area contributed by atoms with Crippen molar-refractivity contribution < 1.29 is 27.5 Å². The van der Waals surface area contributed by atoms with Gasteiger partial charge in [0.25, 0.3) is 0 Å². The van der Waals surface area contributed by atoms with Gasteiger partial charge < -0.3 is 15.8 Å². The molecule has 0 bridgehead atoms. The van der Waals surface area contributed by atoms with Gasteiger partial charge in [0.1, 0.15) is 21.7 Å². The topological polar surface area (TPSA) is 146 Å². The third kappa shape index (κ3) is 8.53. The van der Waals surface area contributed by atoms with Crippen molar-refractivity contribution in [3.8, 4) is 5.75 Å². The Hall–Kier alpha value is -4.46. The van der Waals surface area contributed by atoms with Crippen molar-refractivity contribution in [3.05, 3.63) is 88.0 Å². The molecule has 3 aromatic heterocycles. The van der Waals surface area contributed by atoms with E-state index in [2.05, 4.69) is 35.2 Å². The number of nitrogens with zero attached hydrogens (tertiary/aromatic N) is 5. The summed E-state index contributed by atoms with van der Waals surface area (Å²) in [6, 6.07) is 10.5. The summed E-state index contributed by atoms with van der Waals surface area (Å²) < 4.78 is 41.1. The van der Waals surface area contributed by atoms with E-state index >= 15 is 0 Å². The first-order valence-corrected chi connectivity index (χ1v) is 13.0. The molecule has 0 saturated carbocycles. The largest absolute Gasteiger partial charge is 0.573 e. The summed E-state index contributed by atoms with van der Waals surface area (Å²) in [6.07, 6.45) is 2.53. The lowest BCUT2D eigenvalue weighted by Gasteiger charge is -2.10. The fourth-order valence-electron chi connectivity index (χ4n) is 3.78. The van der Waals surface area contributed by atoms with E-state index in [0.29, 0.717) is 29.1 Å². The molecule has 10 nitrogen and oxygen atoms in total. The second-order valence-corrected chi connectivity index (χ2v) is 9.74. The first-order valence-electron chi connectivity index (χ1n) is 12.1. The van der Waals surface area contributed by atoms with Crippen molar-refractivity contribution in [3.63, 3.8) is 0 Å². The molecule has 0 saturated heterocycles. The first-order chi connectivity index (χ1) is 19.2. The van der Waals surface area contributed by atoms with E-state index in [4.69, 9.17) is 5.73 Å². The number of hydrogen-bond donors (Lipinski definition) is 2. The number of nitrogens with one attached hydrogen (secondary N) is 1. The minimum Gasteiger partial charge on any atom is -0.406 e. The molecule has 40 heavy (non-hydrogen) atoms. The van der Waals surface area contributed by atoms with Crippen LogP contribution in [0.4, 0.5) is 19.0 Å². The summed E-state index contributed by atoms with van der Waals surface area (Å²) in [4.78, 5) is 37.0. The summed E-state index contributed by atoms with van der Waals surface area (Å²) in [5, 5.41) is 12.2. The summed E-state index contributed by atoms with van der Waals surface area (Å²) >= 11 is 1.33. The second-order valence-electron chi connectivity index (χ2n) is 8.64. The SMILES string of the molecule is NC(=O)C(c1ccccn1)c1nnc(CCCCc2cnc(NC(=O)Cc3cccc(OC(F)(F)F)c3)cn2)s1. The lowest BCUT2D eigenvalue weighted by Crippen LogP contribution is -2.23. The average Bonchev–Trinajstić information content (AvgIpc) is 3.35. The number of amides is 2. The zero-order valence-electron chi connectivity index (χ0n) is 21.0. The molecular weight excluding hydrogens is 547 g/mol. The third-order valence-corrected chi connectivity index (χ3v) is 6.59. The number of rotatable bonds is 12. The minimum atomic E-state index is -4.81.